The summed E-state index contributed by atoms with van der Waals surface area (Å²) in [5, 5.41) is 5.39. The minimum Gasteiger partial charge on any atom is -0.494 e. The Bertz CT molecular complexity index is 1220. The molecule has 2 aromatic carbocycles. The summed E-state index contributed by atoms with van der Waals surface area (Å²) >= 11 is 0. The third-order valence-electron chi connectivity index (χ3n) is 4.77. The molecule has 0 radical (unpaired) electrons. The Morgan fingerprint density at radius 3 is 2.59 bits per heavy atom. The molecule has 4 rings (SSSR count). The van der Waals surface area contributed by atoms with Crippen LogP contribution in [0.2, 0.25) is 0 Å². The highest BCUT2D eigenvalue weighted by Gasteiger charge is 2.19. The maximum absolute atomic E-state index is 13.0. The van der Waals surface area contributed by atoms with Gasteiger partial charge in [-0.1, -0.05) is 12.1 Å². The van der Waals surface area contributed by atoms with Gasteiger partial charge in [0.15, 0.2) is 0 Å². The van der Waals surface area contributed by atoms with Gasteiger partial charge in [0.2, 0.25) is 5.91 Å². The molecule has 0 fully saturated rings. The fourth-order valence-corrected chi connectivity index (χ4v) is 3.45. The summed E-state index contributed by atoms with van der Waals surface area (Å²) < 4.78 is 12.4. The first kappa shape index (κ1) is 18.7. The first-order chi connectivity index (χ1) is 14.1. The Labute approximate surface area is 167 Å². The van der Waals surface area contributed by atoms with Crippen LogP contribution in [0.5, 0.6) is 5.75 Å². The van der Waals surface area contributed by atoms with Crippen molar-refractivity contribution >= 4 is 33.5 Å². The third-order valence-corrected chi connectivity index (χ3v) is 4.77. The van der Waals surface area contributed by atoms with Gasteiger partial charge in [0.25, 0.3) is 0 Å². The summed E-state index contributed by atoms with van der Waals surface area (Å²) in [5.74, 6) is 0.634. The Morgan fingerprint density at radius 1 is 1.10 bits per heavy atom. The second-order valence-corrected chi connectivity index (χ2v) is 6.52. The van der Waals surface area contributed by atoms with E-state index in [2.05, 4.69) is 5.10 Å². The molecule has 0 N–H and O–H groups in total. The summed E-state index contributed by atoms with van der Waals surface area (Å²) in [6.07, 6.45) is 1.45. The van der Waals surface area contributed by atoms with Gasteiger partial charge in [0.05, 0.1) is 18.3 Å². The number of fused-ring (bicyclic) bond motifs is 3. The van der Waals surface area contributed by atoms with Crippen molar-refractivity contribution in [1.82, 2.24) is 9.78 Å². The average Bonchev–Trinajstić information content (AvgIpc) is 3.15. The van der Waals surface area contributed by atoms with E-state index in [0.717, 1.165) is 16.8 Å². The highest BCUT2D eigenvalue weighted by Crippen LogP contribution is 2.24. The fraction of sp³-hybridized carbons (Fsp3) is 0.227. The van der Waals surface area contributed by atoms with Crippen molar-refractivity contribution in [2.75, 3.05) is 18.1 Å². The first-order valence-corrected chi connectivity index (χ1v) is 9.53. The largest absolute Gasteiger partial charge is 0.494 e. The highest BCUT2D eigenvalue weighted by atomic mass is 16.5. The van der Waals surface area contributed by atoms with Crippen molar-refractivity contribution in [3.05, 3.63) is 65.1 Å². The molecule has 0 saturated heterocycles. The normalized spacial score (nSPS) is 11.1. The van der Waals surface area contributed by atoms with Crippen molar-refractivity contribution in [3.63, 3.8) is 0 Å². The summed E-state index contributed by atoms with van der Waals surface area (Å²) in [6.45, 7) is 4.95. The molecule has 7 nitrogen and oxygen atoms in total. The number of hydrogen-bond donors (Lipinski definition) is 0. The monoisotopic (exact) mass is 391 g/mol. The van der Waals surface area contributed by atoms with E-state index in [4.69, 9.17) is 9.15 Å². The van der Waals surface area contributed by atoms with Crippen molar-refractivity contribution in [1.29, 1.82) is 0 Å². The summed E-state index contributed by atoms with van der Waals surface area (Å²) in [7, 11) is 0. The minimum absolute atomic E-state index is 0.0119. The predicted octanol–water partition coefficient (Wildman–Crippen LogP) is 3.59. The lowest BCUT2D eigenvalue weighted by Crippen LogP contribution is -2.34. The number of nitrogens with zero attached hydrogens (tertiary/aromatic N) is 3. The number of amides is 1. The SMILES string of the molecule is CCOc1ccc(N(CC)C(=O)Cn2ncc3c(=O)oc4ccccc4c32)cc1. The summed E-state index contributed by atoms with van der Waals surface area (Å²) in [6, 6.07) is 14.6. The second kappa shape index (κ2) is 7.79. The predicted molar refractivity (Wildman–Crippen MR) is 111 cm³/mol. The zero-order valence-electron chi connectivity index (χ0n) is 16.3. The molecule has 0 saturated carbocycles. The van der Waals surface area contributed by atoms with Crippen molar-refractivity contribution in [2.45, 2.75) is 20.4 Å². The van der Waals surface area contributed by atoms with Crippen LogP contribution < -0.4 is 15.3 Å². The molecule has 0 aliphatic heterocycles. The highest BCUT2D eigenvalue weighted by molar-refractivity contribution is 6.03. The Kier molecular flexibility index (Phi) is 5.03. The van der Waals surface area contributed by atoms with E-state index in [1.807, 2.05) is 50.2 Å². The molecule has 0 atom stereocenters. The number of benzene rings is 2. The molecule has 0 aliphatic rings. The number of anilines is 1. The zero-order chi connectivity index (χ0) is 20.4. The second-order valence-electron chi connectivity index (χ2n) is 6.52. The molecular formula is C22H21N3O4. The van der Waals surface area contributed by atoms with Crippen molar-refractivity contribution in [2.24, 2.45) is 0 Å². The lowest BCUT2D eigenvalue weighted by atomic mass is 10.2. The van der Waals surface area contributed by atoms with Crippen LogP contribution in [0.15, 0.2) is 63.9 Å². The Morgan fingerprint density at radius 2 is 1.86 bits per heavy atom. The van der Waals surface area contributed by atoms with Crippen LogP contribution >= 0.6 is 0 Å². The number of aromatic nitrogens is 2. The van der Waals surface area contributed by atoms with E-state index in [1.54, 1.807) is 21.7 Å². The van der Waals surface area contributed by atoms with Gasteiger partial charge >= 0.3 is 5.63 Å². The maximum atomic E-state index is 13.0. The van der Waals surface area contributed by atoms with Crippen LogP contribution in [0.3, 0.4) is 0 Å². The molecule has 0 aliphatic carbocycles. The molecule has 0 unspecified atom stereocenters. The van der Waals surface area contributed by atoms with E-state index in [9.17, 15) is 9.59 Å². The molecule has 0 spiro atoms. The Hall–Kier alpha value is -3.61. The molecule has 7 heteroatoms. The van der Waals surface area contributed by atoms with E-state index >= 15 is 0 Å². The number of para-hydroxylation sites is 1. The van der Waals surface area contributed by atoms with Crippen LogP contribution in [0.25, 0.3) is 21.9 Å². The van der Waals surface area contributed by atoms with E-state index < -0.39 is 5.63 Å². The number of ether oxygens (including phenoxy) is 1. The number of hydrogen-bond acceptors (Lipinski definition) is 5. The molecular weight excluding hydrogens is 370 g/mol. The quantitative estimate of drug-likeness (QED) is 0.470. The first-order valence-electron chi connectivity index (χ1n) is 9.53. The summed E-state index contributed by atoms with van der Waals surface area (Å²) in [4.78, 5) is 27.0. The Balaban J connectivity index is 1.68. The molecule has 4 aromatic rings. The van der Waals surface area contributed by atoms with Crippen molar-refractivity contribution < 1.29 is 13.9 Å². The topological polar surface area (TPSA) is 77.6 Å². The van der Waals surface area contributed by atoms with Gasteiger partial charge < -0.3 is 14.1 Å². The molecule has 2 aromatic heterocycles. The van der Waals surface area contributed by atoms with Crippen LogP contribution in [0, 0.1) is 0 Å². The minimum atomic E-state index is -0.462. The van der Waals surface area contributed by atoms with E-state index in [-0.39, 0.29) is 12.5 Å². The van der Waals surface area contributed by atoms with Crippen LogP contribution in [-0.4, -0.2) is 28.8 Å². The van der Waals surface area contributed by atoms with Gasteiger partial charge in [-0.2, -0.15) is 5.10 Å². The molecule has 29 heavy (non-hydrogen) atoms. The molecule has 0 bridgehead atoms. The third kappa shape index (κ3) is 3.47. The standard InChI is InChI=1S/C22H21N3O4/c1-3-24(15-9-11-16(12-10-15)28-4-2)20(26)14-25-21-17-7-5-6-8-19(17)29-22(27)18(21)13-23-25/h5-13H,3-4,14H2,1-2H3. The van der Waals surface area contributed by atoms with Gasteiger partial charge in [-0.25, -0.2) is 4.79 Å². The number of carbonyl (C=O) groups excluding carboxylic acids is 1. The lowest BCUT2D eigenvalue weighted by Gasteiger charge is -2.21. The molecule has 1 amide bonds. The van der Waals surface area contributed by atoms with Gasteiger partial charge in [0.1, 0.15) is 23.3 Å². The van der Waals surface area contributed by atoms with Gasteiger partial charge in [-0.3, -0.25) is 9.48 Å². The number of carbonyl (C=O) groups is 1. The van der Waals surface area contributed by atoms with Crippen molar-refractivity contribution in [3.8, 4) is 5.75 Å². The smallest absolute Gasteiger partial charge is 0.347 e. The number of rotatable bonds is 6. The van der Waals surface area contributed by atoms with Gasteiger partial charge in [0, 0.05) is 17.6 Å². The average molecular weight is 391 g/mol. The van der Waals surface area contributed by atoms with Crippen LogP contribution in [0.4, 0.5) is 5.69 Å². The maximum Gasteiger partial charge on any atom is 0.347 e. The van der Waals surface area contributed by atoms with Gasteiger partial charge in [-0.15, -0.1) is 0 Å². The van der Waals surface area contributed by atoms with Crippen LogP contribution in [0.1, 0.15) is 13.8 Å². The van der Waals surface area contributed by atoms with E-state index in [0.29, 0.717) is 29.6 Å². The molecule has 2 heterocycles. The van der Waals surface area contributed by atoms with Crippen LogP contribution in [-0.2, 0) is 11.3 Å². The lowest BCUT2D eigenvalue weighted by molar-refractivity contribution is -0.119. The summed E-state index contributed by atoms with van der Waals surface area (Å²) in [5.41, 5.74) is 1.39. The fourth-order valence-electron chi connectivity index (χ4n) is 3.45. The van der Waals surface area contributed by atoms with E-state index in [1.165, 1.54) is 6.20 Å². The van der Waals surface area contributed by atoms with Gasteiger partial charge in [-0.05, 0) is 50.2 Å². The zero-order valence-corrected chi connectivity index (χ0v) is 16.3. The molecule has 148 valence electrons. The number of likely N-dealkylation sites (N-methyl/N-ethyl adjacent to an activating group) is 1.